The van der Waals surface area contributed by atoms with Crippen LogP contribution < -0.4 is 11.1 Å². The number of nitrogens with one attached hydrogen (secondary N) is 1. The molecule has 1 aliphatic rings. The molecule has 0 amide bonds. The van der Waals surface area contributed by atoms with Crippen molar-refractivity contribution in [3.05, 3.63) is 0 Å². The highest BCUT2D eigenvalue weighted by Crippen LogP contribution is 2.25. The van der Waals surface area contributed by atoms with Gasteiger partial charge in [0.15, 0.2) is 0 Å². The third kappa shape index (κ3) is 2.80. The van der Waals surface area contributed by atoms with Crippen LogP contribution in [0, 0.1) is 5.92 Å². The lowest BCUT2D eigenvalue weighted by Gasteiger charge is -2.17. The number of hydrogen-bond donors (Lipinski definition) is 2. The Morgan fingerprint density at radius 3 is 2.73 bits per heavy atom. The Kier molecular flexibility index (Phi) is 2.90. The molecule has 0 aromatic heterocycles. The Morgan fingerprint density at radius 2 is 2.27 bits per heavy atom. The maximum Gasteiger partial charge on any atom is 0.0128 e. The van der Waals surface area contributed by atoms with Crippen molar-refractivity contribution >= 4 is 0 Å². The lowest BCUT2D eigenvalue weighted by atomic mass is 9.94. The van der Waals surface area contributed by atoms with Crippen LogP contribution in [0.25, 0.3) is 0 Å². The Bertz CT molecular complexity index is 121. The Labute approximate surface area is 69.5 Å². The lowest BCUT2D eigenvalue weighted by molar-refractivity contribution is 0.429. The molecule has 0 radical (unpaired) electrons. The second-order valence-electron chi connectivity index (χ2n) is 4.27. The largest absolute Gasteiger partial charge is 0.330 e. The van der Waals surface area contributed by atoms with Gasteiger partial charge in [-0.05, 0) is 52.1 Å². The number of hydrogen-bond acceptors (Lipinski definition) is 2. The molecule has 1 saturated heterocycles. The van der Waals surface area contributed by atoms with Crippen LogP contribution in [0.1, 0.15) is 33.1 Å². The van der Waals surface area contributed by atoms with Crippen LogP contribution in [0.15, 0.2) is 0 Å². The van der Waals surface area contributed by atoms with E-state index in [1.807, 2.05) is 0 Å². The molecule has 1 aliphatic heterocycles. The van der Waals surface area contributed by atoms with Crippen LogP contribution in [-0.4, -0.2) is 18.6 Å². The average Bonchev–Trinajstić information content (AvgIpc) is 2.26. The summed E-state index contributed by atoms with van der Waals surface area (Å²) in [6.07, 6.45) is 3.79. The van der Waals surface area contributed by atoms with Gasteiger partial charge >= 0.3 is 0 Å². The van der Waals surface area contributed by atoms with Gasteiger partial charge in [0.05, 0.1) is 0 Å². The van der Waals surface area contributed by atoms with Gasteiger partial charge in [-0.3, -0.25) is 0 Å². The SMILES string of the molecule is CC1(C)C[C@H](CCCN)CN1. The van der Waals surface area contributed by atoms with E-state index in [1.54, 1.807) is 0 Å². The van der Waals surface area contributed by atoms with Crippen molar-refractivity contribution < 1.29 is 0 Å². The maximum atomic E-state index is 5.45. The summed E-state index contributed by atoms with van der Waals surface area (Å²) in [6, 6.07) is 0. The standard InChI is InChI=1S/C9H20N2/c1-9(2)6-8(7-11-9)4-3-5-10/h8,11H,3-7,10H2,1-2H3/t8-/m0/s1. The van der Waals surface area contributed by atoms with E-state index in [9.17, 15) is 0 Å². The third-order valence-corrected chi connectivity index (χ3v) is 2.48. The van der Waals surface area contributed by atoms with Crippen LogP contribution in [0.3, 0.4) is 0 Å². The molecule has 2 nitrogen and oxygen atoms in total. The van der Waals surface area contributed by atoms with Gasteiger partial charge in [0.2, 0.25) is 0 Å². The van der Waals surface area contributed by atoms with Crippen LogP contribution in [0.5, 0.6) is 0 Å². The van der Waals surface area contributed by atoms with E-state index in [0.717, 1.165) is 12.5 Å². The van der Waals surface area contributed by atoms with E-state index in [1.165, 1.54) is 25.8 Å². The van der Waals surface area contributed by atoms with E-state index >= 15 is 0 Å². The highest BCUT2D eigenvalue weighted by Gasteiger charge is 2.29. The highest BCUT2D eigenvalue weighted by molar-refractivity contribution is 4.88. The van der Waals surface area contributed by atoms with E-state index in [0.29, 0.717) is 5.54 Å². The second-order valence-corrected chi connectivity index (χ2v) is 4.27. The Morgan fingerprint density at radius 1 is 1.55 bits per heavy atom. The van der Waals surface area contributed by atoms with Gasteiger partial charge in [0.1, 0.15) is 0 Å². The summed E-state index contributed by atoms with van der Waals surface area (Å²) >= 11 is 0. The molecule has 0 bridgehead atoms. The van der Waals surface area contributed by atoms with E-state index in [2.05, 4.69) is 19.2 Å². The molecule has 0 aromatic rings. The van der Waals surface area contributed by atoms with Gasteiger partial charge in [-0.15, -0.1) is 0 Å². The predicted octanol–water partition coefficient (Wildman–Crippen LogP) is 1.11. The third-order valence-electron chi connectivity index (χ3n) is 2.48. The maximum absolute atomic E-state index is 5.45. The summed E-state index contributed by atoms with van der Waals surface area (Å²) in [5.41, 5.74) is 5.83. The molecule has 1 atom stereocenters. The van der Waals surface area contributed by atoms with Crippen molar-refractivity contribution in [1.29, 1.82) is 0 Å². The second kappa shape index (κ2) is 3.55. The quantitative estimate of drug-likeness (QED) is 0.642. The monoisotopic (exact) mass is 156 g/mol. The highest BCUT2D eigenvalue weighted by atomic mass is 15.0. The molecule has 1 fully saturated rings. The minimum Gasteiger partial charge on any atom is -0.330 e. The summed E-state index contributed by atoms with van der Waals surface area (Å²) < 4.78 is 0. The molecule has 0 aliphatic carbocycles. The van der Waals surface area contributed by atoms with Gasteiger partial charge in [-0.1, -0.05) is 0 Å². The molecule has 11 heavy (non-hydrogen) atoms. The zero-order chi connectivity index (χ0) is 8.32. The summed E-state index contributed by atoms with van der Waals surface area (Å²) in [5, 5.41) is 3.51. The first-order valence-corrected chi connectivity index (χ1v) is 4.59. The van der Waals surface area contributed by atoms with Crippen LogP contribution in [-0.2, 0) is 0 Å². The van der Waals surface area contributed by atoms with Crippen molar-refractivity contribution in [2.45, 2.75) is 38.6 Å². The normalized spacial score (nSPS) is 29.2. The fourth-order valence-corrected chi connectivity index (χ4v) is 1.90. The first kappa shape index (κ1) is 9.01. The Hall–Kier alpha value is -0.0800. The van der Waals surface area contributed by atoms with Crippen molar-refractivity contribution in [1.82, 2.24) is 5.32 Å². The molecule has 0 aromatic carbocycles. The molecule has 0 saturated carbocycles. The Balaban J connectivity index is 2.20. The van der Waals surface area contributed by atoms with Crippen molar-refractivity contribution in [3.63, 3.8) is 0 Å². The first-order valence-electron chi connectivity index (χ1n) is 4.59. The molecule has 3 N–H and O–H groups in total. The molecule has 0 spiro atoms. The van der Waals surface area contributed by atoms with Gasteiger partial charge < -0.3 is 11.1 Å². The molecular formula is C9H20N2. The van der Waals surface area contributed by atoms with Gasteiger partial charge in [0, 0.05) is 5.54 Å². The summed E-state index contributed by atoms with van der Waals surface area (Å²) in [5.74, 6) is 0.869. The first-order chi connectivity index (χ1) is 5.14. The zero-order valence-corrected chi connectivity index (χ0v) is 7.69. The van der Waals surface area contributed by atoms with Gasteiger partial charge in [-0.25, -0.2) is 0 Å². The van der Waals surface area contributed by atoms with Crippen LogP contribution in [0.2, 0.25) is 0 Å². The van der Waals surface area contributed by atoms with E-state index in [-0.39, 0.29) is 0 Å². The minimum atomic E-state index is 0.374. The van der Waals surface area contributed by atoms with E-state index in [4.69, 9.17) is 5.73 Å². The summed E-state index contributed by atoms with van der Waals surface area (Å²) in [7, 11) is 0. The fourth-order valence-electron chi connectivity index (χ4n) is 1.90. The van der Waals surface area contributed by atoms with Gasteiger partial charge in [0.25, 0.3) is 0 Å². The minimum absolute atomic E-state index is 0.374. The number of rotatable bonds is 3. The van der Waals surface area contributed by atoms with Crippen molar-refractivity contribution in [2.24, 2.45) is 11.7 Å². The molecule has 0 unspecified atom stereocenters. The van der Waals surface area contributed by atoms with Crippen LogP contribution >= 0.6 is 0 Å². The fraction of sp³-hybridized carbons (Fsp3) is 1.00. The number of nitrogens with two attached hydrogens (primary N) is 1. The summed E-state index contributed by atoms with van der Waals surface area (Å²) in [4.78, 5) is 0. The lowest BCUT2D eigenvalue weighted by Crippen LogP contribution is -2.31. The molecule has 1 heterocycles. The van der Waals surface area contributed by atoms with Gasteiger partial charge in [-0.2, -0.15) is 0 Å². The smallest absolute Gasteiger partial charge is 0.0128 e. The molecule has 1 rings (SSSR count). The summed E-state index contributed by atoms with van der Waals surface area (Å²) in [6.45, 7) is 6.58. The topological polar surface area (TPSA) is 38.0 Å². The molecular weight excluding hydrogens is 136 g/mol. The van der Waals surface area contributed by atoms with Crippen molar-refractivity contribution in [2.75, 3.05) is 13.1 Å². The van der Waals surface area contributed by atoms with Crippen LogP contribution in [0.4, 0.5) is 0 Å². The van der Waals surface area contributed by atoms with E-state index < -0.39 is 0 Å². The molecule has 2 heteroatoms. The average molecular weight is 156 g/mol. The predicted molar refractivity (Wildman–Crippen MR) is 48.5 cm³/mol. The van der Waals surface area contributed by atoms with Crippen molar-refractivity contribution in [3.8, 4) is 0 Å². The molecule has 66 valence electrons. The zero-order valence-electron chi connectivity index (χ0n) is 7.69.